The zero-order valence-electron chi connectivity index (χ0n) is 14.6. The van der Waals surface area contributed by atoms with E-state index in [0.29, 0.717) is 13.1 Å². The molecule has 1 aromatic heterocycles. The minimum absolute atomic E-state index is 0.0540. The first-order chi connectivity index (χ1) is 11.4. The molecule has 0 bridgehead atoms. The summed E-state index contributed by atoms with van der Waals surface area (Å²) in [6.45, 7) is 7.09. The largest absolute Gasteiger partial charge is 0.480 e. The molecule has 1 aromatic rings. The molecule has 2 N–H and O–H groups in total. The third-order valence-electron chi connectivity index (χ3n) is 4.49. The van der Waals surface area contributed by atoms with E-state index >= 15 is 0 Å². The van der Waals surface area contributed by atoms with Crippen LogP contribution in [0.2, 0.25) is 0 Å². The predicted molar refractivity (Wildman–Crippen MR) is 89.6 cm³/mol. The van der Waals surface area contributed by atoms with Crippen LogP contribution in [-0.4, -0.2) is 58.1 Å². The molecule has 0 unspecified atom stereocenters. The molecule has 0 aromatic carbocycles. The van der Waals surface area contributed by atoms with Crippen LogP contribution in [0.3, 0.4) is 0 Å². The van der Waals surface area contributed by atoms with Gasteiger partial charge < -0.3 is 19.7 Å². The first-order valence-electron chi connectivity index (χ1n) is 8.46. The van der Waals surface area contributed by atoms with Gasteiger partial charge in [0.05, 0.1) is 19.4 Å². The van der Waals surface area contributed by atoms with Gasteiger partial charge in [-0.15, -0.1) is 0 Å². The molecule has 134 valence electrons. The number of aliphatic carboxylic acids is 1. The van der Waals surface area contributed by atoms with Crippen LogP contribution >= 0.6 is 0 Å². The normalized spacial score (nSPS) is 20.0. The number of amides is 2. The van der Waals surface area contributed by atoms with Crippen LogP contribution in [0.15, 0.2) is 22.8 Å². The van der Waals surface area contributed by atoms with E-state index < -0.39 is 5.97 Å². The Balaban J connectivity index is 1.82. The van der Waals surface area contributed by atoms with Gasteiger partial charge in [-0.05, 0) is 45.4 Å². The maximum atomic E-state index is 12.5. The molecular weight excluding hydrogens is 310 g/mol. The molecule has 0 radical (unpaired) electrons. The third kappa shape index (κ3) is 4.74. The number of likely N-dealkylation sites (N-methyl/N-ethyl adjacent to an activating group) is 1. The number of hydrogen-bond donors (Lipinski definition) is 2. The molecule has 24 heavy (non-hydrogen) atoms. The Morgan fingerprint density at radius 1 is 1.42 bits per heavy atom. The topological polar surface area (TPSA) is 86.0 Å². The summed E-state index contributed by atoms with van der Waals surface area (Å²) < 4.78 is 5.33. The highest BCUT2D eigenvalue weighted by Crippen LogP contribution is 2.26. The van der Waals surface area contributed by atoms with E-state index in [9.17, 15) is 9.59 Å². The number of nitrogens with one attached hydrogen (secondary N) is 1. The van der Waals surface area contributed by atoms with Crippen molar-refractivity contribution in [1.82, 2.24) is 15.1 Å². The summed E-state index contributed by atoms with van der Waals surface area (Å²) in [5, 5.41) is 12.0. The second-order valence-corrected chi connectivity index (χ2v) is 6.53. The van der Waals surface area contributed by atoms with E-state index in [2.05, 4.69) is 5.32 Å². The Bertz CT molecular complexity index is 538. The lowest BCUT2D eigenvalue weighted by atomic mass is 9.85. The molecule has 0 aliphatic heterocycles. The van der Waals surface area contributed by atoms with Crippen LogP contribution in [0, 0.1) is 0 Å². The van der Waals surface area contributed by atoms with Crippen molar-refractivity contribution >= 4 is 12.0 Å². The number of carbonyl (C=O) groups is 2. The monoisotopic (exact) mass is 337 g/mol. The molecule has 7 heteroatoms. The fraction of sp³-hybridized carbons (Fsp3) is 0.647. The van der Waals surface area contributed by atoms with Crippen molar-refractivity contribution in [2.45, 2.75) is 58.3 Å². The lowest BCUT2D eigenvalue weighted by molar-refractivity contribution is -0.139. The molecule has 7 nitrogen and oxygen atoms in total. The number of hydrogen-bond acceptors (Lipinski definition) is 4. The lowest BCUT2D eigenvalue weighted by Crippen LogP contribution is -2.57. The van der Waals surface area contributed by atoms with Gasteiger partial charge in [0.25, 0.3) is 0 Å². The average Bonchev–Trinajstić information content (AvgIpc) is 2.98. The summed E-state index contributed by atoms with van der Waals surface area (Å²) in [5.74, 6) is -0.0577. The number of carboxylic acids is 1. The quantitative estimate of drug-likeness (QED) is 0.759. The molecule has 0 atom stereocenters. The SMILES string of the molecule is CCN(CC(=O)O)C1CC(NC(=O)N(Cc2ccco2)C(C)C)C1. The molecule has 2 amide bonds. The number of rotatable bonds is 8. The Morgan fingerprint density at radius 2 is 2.12 bits per heavy atom. The van der Waals surface area contributed by atoms with Gasteiger partial charge >= 0.3 is 12.0 Å². The van der Waals surface area contributed by atoms with E-state index in [4.69, 9.17) is 9.52 Å². The van der Waals surface area contributed by atoms with E-state index in [0.717, 1.165) is 18.6 Å². The van der Waals surface area contributed by atoms with E-state index in [1.165, 1.54) is 0 Å². The molecule has 0 spiro atoms. The third-order valence-corrected chi connectivity index (χ3v) is 4.49. The number of carboxylic acid groups (broad SMARTS) is 1. The number of nitrogens with zero attached hydrogens (tertiary/aromatic N) is 2. The molecule has 1 heterocycles. The Hall–Kier alpha value is -2.02. The van der Waals surface area contributed by atoms with Gasteiger partial charge in [-0.3, -0.25) is 9.69 Å². The summed E-state index contributed by atoms with van der Waals surface area (Å²) >= 11 is 0. The zero-order valence-corrected chi connectivity index (χ0v) is 14.6. The fourth-order valence-corrected chi connectivity index (χ4v) is 2.99. The number of urea groups is 1. The molecule has 1 saturated carbocycles. The summed E-state index contributed by atoms with van der Waals surface area (Å²) in [6, 6.07) is 3.95. The summed E-state index contributed by atoms with van der Waals surface area (Å²) in [4.78, 5) is 27.0. The summed E-state index contributed by atoms with van der Waals surface area (Å²) in [6.07, 6.45) is 3.18. The van der Waals surface area contributed by atoms with Gasteiger partial charge in [0, 0.05) is 18.1 Å². The van der Waals surface area contributed by atoms with Crippen molar-refractivity contribution in [3.63, 3.8) is 0 Å². The van der Waals surface area contributed by atoms with Gasteiger partial charge in [-0.25, -0.2) is 4.79 Å². The highest BCUT2D eigenvalue weighted by atomic mass is 16.4. The van der Waals surface area contributed by atoms with Crippen LogP contribution in [0.25, 0.3) is 0 Å². The number of carbonyl (C=O) groups excluding carboxylic acids is 1. The van der Waals surface area contributed by atoms with Crippen molar-refractivity contribution in [1.29, 1.82) is 0 Å². The summed E-state index contributed by atoms with van der Waals surface area (Å²) in [7, 11) is 0. The average molecular weight is 337 g/mol. The molecule has 0 saturated heterocycles. The minimum Gasteiger partial charge on any atom is -0.480 e. The fourth-order valence-electron chi connectivity index (χ4n) is 2.99. The maximum Gasteiger partial charge on any atom is 0.318 e. The van der Waals surface area contributed by atoms with Crippen LogP contribution in [0.1, 0.15) is 39.4 Å². The molecule has 1 fully saturated rings. The second-order valence-electron chi connectivity index (χ2n) is 6.53. The molecule has 2 rings (SSSR count). The first-order valence-corrected chi connectivity index (χ1v) is 8.46. The predicted octanol–water partition coefficient (Wildman–Crippen LogP) is 2.14. The summed E-state index contributed by atoms with van der Waals surface area (Å²) in [5.41, 5.74) is 0. The molecule has 1 aliphatic rings. The Kier molecular flexibility index (Phi) is 6.25. The smallest absolute Gasteiger partial charge is 0.318 e. The number of furan rings is 1. The zero-order chi connectivity index (χ0) is 17.7. The van der Waals surface area contributed by atoms with Crippen molar-refractivity contribution in [2.75, 3.05) is 13.1 Å². The van der Waals surface area contributed by atoms with Crippen molar-refractivity contribution in [3.05, 3.63) is 24.2 Å². The van der Waals surface area contributed by atoms with Gasteiger partial charge in [0.1, 0.15) is 5.76 Å². The van der Waals surface area contributed by atoms with Crippen molar-refractivity contribution in [2.24, 2.45) is 0 Å². The van der Waals surface area contributed by atoms with Crippen LogP contribution < -0.4 is 5.32 Å². The standard InChI is InChI=1S/C17H27N3O4/c1-4-19(11-16(21)22)14-8-13(9-14)18-17(23)20(12(2)3)10-15-6-5-7-24-15/h5-7,12-14H,4,8-11H2,1-3H3,(H,18,23)(H,21,22). The highest BCUT2D eigenvalue weighted by Gasteiger charge is 2.35. The molecule has 1 aliphatic carbocycles. The second kappa shape index (κ2) is 8.19. The van der Waals surface area contributed by atoms with Gasteiger partial charge in [-0.2, -0.15) is 0 Å². The lowest BCUT2D eigenvalue weighted by Gasteiger charge is -2.43. The van der Waals surface area contributed by atoms with E-state index in [-0.39, 0.29) is 30.7 Å². The maximum absolute atomic E-state index is 12.5. The minimum atomic E-state index is -0.811. The van der Waals surface area contributed by atoms with Crippen LogP contribution in [-0.2, 0) is 11.3 Å². The Morgan fingerprint density at radius 3 is 2.62 bits per heavy atom. The van der Waals surface area contributed by atoms with E-state index in [1.807, 2.05) is 37.8 Å². The van der Waals surface area contributed by atoms with Crippen LogP contribution in [0.4, 0.5) is 4.79 Å². The Labute approximate surface area is 142 Å². The van der Waals surface area contributed by atoms with Crippen molar-refractivity contribution < 1.29 is 19.1 Å². The van der Waals surface area contributed by atoms with Gasteiger partial charge in [0.15, 0.2) is 0 Å². The first kappa shape index (κ1) is 18.3. The molecular formula is C17H27N3O4. The van der Waals surface area contributed by atoms with Crippen molar-refractivity contribution in [3.8, 4) is 0 Å². The highest BCUT2D eigenvalue weighted by molar-refractivity contribution is 5.75. The van der Waals surface area contributed by atoms with Crippen LogP contribution in [0.5, 0.6) is 0 Å². The van der Waals surface area contributed by atoms with Gasteiger partial charge in [-0.1, -0.05) is 6.92 Å². The van der Waals surface area contributed by atoms with E-state index in [1.54, 1.807) is 11.2 Å². The van der Waals surface area contributed by atoms with Gasteiger partial charge in [0.2, 0.25) is 0 Å².